The fourth-order valence-corrected chi connectivity index (χ4v) is 4.58. The largest absolute Gasteiger partial charge is 0.497 e. The van der Waals surface area contributed by atoms with Crippen molar-refractivity contribution < 1.29 is 19.4 Å². The van der Waals surface area contributed by atoms with Crippen LogP contribution in [-0.4, -0.2) is 41.1 Å². The van der Waals surface area contributed by atoms with E-state index in [1.54, 1.807) is 7.11 Å². The molecule has 0 aromatic heterocycles. The predicted molar refractivity (Wildman–Crippen MR) is 88.9 cm³/mol. The zero-order valence-electron chi connectivity index (χ0n) is 13.1. The van der Waals surface area contributed by atoms with E-state index in [9.17, 15) is 14.7 Å². The highest BCUT2D eigenvalue weighted by atomic mass is 32.2. The number of carboxylic acid groups (broad SMARTS) is 1. The molecule has 1 aliphatic heterocycles. The summed E-state index contributed by atoms with van der Waals surface area (Å²) in [6.07, 6.45) is 3.26. The standard InChI is InChI=1S/C17H21NO4S/c1-22-13-5-4-11-6-10(2-3-12(11)8-13)7-14(19)16-15(17(20)21)18-9-23-16/h4-5,8,10,15-16,18H,2-3,6-7,9H2,1H3,(H,20,21)/t10?,15-,16?/m0/s1. The molecular weight excluding hydrogens is 314 g/mol. The average molecular weight is 335 g/mol. The molecule has 0 radical (unpaired) electrons. The third-order valence-corrected chi connectivity index (χ3v) is 5.91. The van der Waals surface area contributed by atoms with Crippen LogP contribution < -0.4 is 10.1 Å². The van der Waals surface area contributed by atoms with Crippen molar-refractivity contribution in [1.82, 2.24) is 5.32 Å². The minimum Gasteiger partial charge on any atom is -0.497 e. The van der Waals surface area contributed by atoms with Crippen molar-refractivity contribution in [2.75, 3.05) is 13.0 Å². The van der Waals surface area contributed by atoms with Gasteiger partial charge in [0.25, 0.3) is 0 Å². The smallest absolute Gasteiger partial charge is 0.322 e. The number of carbonyl (C=O) groups is 2. The normalized spacial score (nSPS) is 26.6. The molecule has 3 atom stereocenters. The van der Waals surface area contributed by atoms with Crippen LogP contribution in [0.1, 0.15) is 24.0 Å². The van der Waals surface area contributed by atoms with Crippen molar-refractivity contribution in [3.63, 3.8) is 0 Å². The molecule has 6 heteroatoms. The third kappa shape index (κ3) is 3.53. The molecule has 2 N–H and O–H groups in total. The van der Waals surface area contributed by atoms with Crippen LogP contribution in [0.15, 0.2) is 18.2 Å². The molecule has 0 amide bonds. The number of hydrogen-bond donors (Lipinski definition) is 2. The van der Waals surface area contributed by atoms with Crippen molar-refractivity contribution in [2.24, 2.45) is 5.92 Å². The van der Waals surface area contributed by atoms with E-state index in [0.717, 1.165) is 25.0 Å². The number of ether oxygens (including phenoxy) is 1. The molecule has 1 aliphatic carbocycles. The average Bonchev–Trinajstić information content (AvgIpc) is 3.04. The molecule has 1 aromatic rings. The molecule has 23 heavy (non-hydrogen) atoms. The van der Waals surface area contributed by atoms with Gasteiger partial charge < -0.3 is 9.84 Å². The second-order valence-electron chi connectivity index (χ2n) is 6.17. The fraction of sp³-hybridized carbons (Fsp3) is 0.529. The van der Waals surface area contributed by atoms with Crippen molar-refractivity contribution in [2.45, 2.75) is 37.0 Å². The van der Waals surface area contributed by atoms with E-state index < -0.39 is 17.3 Å². The lowest BCUT2D eigenvalue weighted by Crippen LogP contribution is -2.42. The maximum atomic E-state index is 12.5. The Hall–Kier alpha value is -1.53. The predicted octanol–water partition coefficient (Wildman–Crippen LogP) is 1.88. The molecule has 1 fully saturated rings. The number of hydrogen-bond acceptors (Lipinski definition) is 5. The van der Waals surface area contributed by atoms with Crippen LogP contribution in [0, 0.1) is 5.92 Å². The Kier molecular flexibility index (Phi) is 4.92. The van der Waals surface area contributed by atoms with Crippen molar-refractivity contribution >= 4 is 23.5 Å². The molecule has 0 bridgehead atoms. The molecule has 0 saturated carbocycles. The van der Waals surface area contributed by atoms with Crippen LogP contribution >= 0.6 is 11.8 Å². The lowest BCUT2D eigenvalue weighted by molar-refractivity contribution is -0.140. The highest BCUT2D eigenvalue weighted by molar-refractivity contribution is 8.00. The second kappa shape index (κ2) is 6.93. The lowest BCUT2D eigenvalue weighted by Gasteiger charge is -2.25. The van der Waals surface area contributed by atoms with Crippen LogP contribution in [0.4, 0.5) is 0 Å². The molecule has 3 rings (SSSR count). The van der Waals surface area contributed by atoms with E-state index in [0.29, 0.717) is 18.2 Å². The van der Waals surface area contributed by atoms with Gasteiger partial charge in [-0.1, -0.05) is 6.07 Å². The number of ketones is 1. The first-order valence-corrected chi connectivity index (χ1v) is 8.89. The Morgan fingerprint density at radius 1 is 1.39 bits per heavy atom. The van der Waals surface area contributed by atoms with E-state index in [4.69, 9.17) is 4.74 Å². The van der Waals surface area contributed by atoms with Crippen LogP contribution in [0.25, 0.3) is 0 Å². The van der Waals surface area contributed by atoms with Gasteiger partial charge in [0, 0.05) is 12.3 Å². The highest BCUT2D eigenvalue weighted by Crippen LogP contribution is 2.32. The first kappa shape index (κ1) is 16.3. The van der Waals surface area contributed by atoms with Gasteiger partial charge in [0.2, 0.25) is 0 Å². The van der Waals surface area contributed by atoms with Crippen LogP contribution in [0.5, 0.6) is 5.75 Å². The summed E-state index contributed by atoms with van der Waals surface area (Å²) in [6, 6.07) is 5.37. The molecular formula is C17H21NO4S. The Balaban J connectivity index is 1.63. The summed E-state index contributed by atoms with van der Waals surface area (Å²) in [5, 5.41) is 11.6. The summed E-state index contributed by atoms with van der Waals surface area (Å²) in [6.45, 7) is 0. The van der Waals surface area contributed by atoms with Crippen molar-refractivity contribution in [3.05, 3.63) is 29.3 Å². The van der Waals surface area contributed by atoms with Gasteiger partial charge in [-0.15, -0.1) is 11.8 Å². The fourth-order valence-electron chi connectivity index (χ4n) is 3.44. The Labute approximate surface area is 139 Å². The van der Waals surface area contributed by atoms with Crippen LogP contribution in [0.2, 0.25) is 0 Å². The van der Waals surface area contributed by atoms with Crippen LogP contribution in [0.3, 0.4) is 0 Å². The SMILES string of the molecule is COc1ccc2c(c1)CCC(CC(=O)C1SCN[C@@H]1C(=O)O)C2. The summed E-state index contributed by atoms with van der Waals surface area (Å²) < 4.78 is 5.25. The van der Waals surface area contributed by atoms with Crippen molar-refractivity contribution in [1.29, 1.82) is 0 Å². The number of methoxy groups -OCH3 is 1. The molecule has 124 valence electrons. The summed E-state index contributed by atoms with van der Waals surface area (Å²) in [4.78, 5) is 23.7. The summed E-state index contributed by atoms with van der Waals surface area (Å²) in [5.41, 5.74) is 2.58. The molecule has 2 aliphatic rings. The Bertz CT molecular complexity index is 619. The first-order chi connectivity index (χ1) is 11.1. The summed E-state index contributed by atoms with van der Waals surface area (Å²) in [5.74, 6) is 0.833. The zero-order valence-corrected chi connectivity index (χ0v) is 13.9. The van der Waals surface area contributed by atoms with Gasteiger partial charge in [-0.3, -0.25) is 14.9 Å². The van der Waals surface area contributed by atoms with Crippen LogP contribution in [-0.2, 0) is 22.4 Å². The van der Waals surface area contributed by atoms with E-state index in [-0.39, 0.29) is 5.78 Å². The van der Waals surface area contributed by atoms with Gasteiger partial charge in [0.1, 0.15) is 17.6 Å². The number of benzene rings is 1. The lowest BCUT2D eigenvalue weighted by atomic mass is 9.81. The molecule has 2 unspecified atom stereocenters. The quantitative estimate of drug-likeness (QED) is 0.856. The molecule has 1 heterocycles. The Morgan fingerprint density at radius 3 is 2.96 bits per heavy atom. The minimum absolute atomic E-state index is 0.0642. The highest BCUT2D eigenvalue weighted by Gasteiger charge is 2.38. The van der Waals surface area contributed by atoms with E-state index >= 15 is 0 Å². The number of carbonyl (C=O) groups excluding carboxylic acids is 1. The summed E-state index contributed by atoms with van der Waals surface area (Å²) >= 11 is 1.41. The van der Waals surface area contributed by atoms with Crippen molar-refractivity contribution in [3.8, 4) is 5.75 Å². The molecule has 1 aromatic carbocycles. The van der Waals surface area contributed by atoms with Gasteiger partial charge >= 0.3 is 5.97 Å². The van der Waals surface area contributed by atoms with Gasteiger partial charge in [0.15, 0.2) is 0 Å². The second-order valence-corrected chi connectivity index (χ2v) is 7.30. The number of aliphatic carboxylic acids is 1. The van der Waals surface area contributed by atoms with E-state index in [1.165, 1.54) is 22.9 Å². The number of rotatable bonds is 5. The maximum absolute atomic E-state index is 12.5. The third-order valence-electron chi connectivity index (χ3n) is 4.69. The van der Waals surface area contributed by atoms with Gasteiger partial charge in [-0.25, -0.2) is 0 Å². The number of nitrogens with one attached hydrogen (secondary N) is 1. The van der Waals surface area contributed by atoms with Gasteiger partial charge in [-0.2, -0.15) is 0 Å². The van der Waals surface area contributed by atoms with E-state index in [2.05, 4.69) is 17.4 Å². The molecule has 1 saturated heterocycles. The monoisotopic (exact) mass is 335 g/mol. The first-order valence-electron chi connectivity index (χ1n) is 7.84. The number of fused-ring (bicyclic) bond motifs is 1. The van der Waals surface area contributed by atoms with Gasteiger partial charge in [0.05, 0.1) is 12.4 Å². The van der Waals surface area contributed by atoms with Gasteiger partial charge in [-0.05, 0) is 48.4 Å². The van der Waals surface area contributed by atoms with E-state index in [1.807, 2.05) is 6.07 Å². The number of aryl methyl sites for hydroxylation is 1. The maximum Gasteiger partial charge on any atom is 0.322 e. The molecule has 0 spiro atoms. The summed E-state index contributed by atoms with van der Waals surface area (Å²) in [7, 11) is 1.66. The zero-order chi connectivity index (χ0) is 16.4. The number of carboxylic acids is 1. The minimum atomic E-state index is -0.936. The number of Topliss-reactive ketones (excluding diaryl/α,β-unsaturated/α-hetero) is 1. The molecule has 5 nitrogen and oxygen atoms in total. The Morgan fingerprint density at radius 2 is 2.22 bits per heavy atom. The topological polar surface area (TPSA) is 75.6 Å². The number of thioether (sulfide) groups is 1.